The second-order valence-corrected chi connectivity index (χ2v) is 6.20. The molecule has 0 aromatic carbocycles. The van der Waals surface area contributed by atoms with Crippen LogP contribution < -0.4 is 10.6 Å². The second-order valence-electron chi connectivity index (χ2n) is 6.20. The molecule has 0 radical (unpaired) electrons. The maximum Gasteiger partial charge on any atom is 0.165 e. The summed E-state index contributed by atoms with van der Waals surface area (Å²) in [6, 6.07) is 5.61. The van der Waals surface area contributed by atoms with Crippen LogP contribution in [0.2, 0.25) is 0 Å². The molecule has 1 aromatic rings. The molecule has 0 unspecified atom stereocenters. The van der Waals surface area contributed by atoms with Crippen LogP contribution in [0, 0.1) is 11.3 Å². The lowest BCUT2D eigenvalue weighted by Crippen LogP contribution is -2.57. The Morgan fingerprint density at radius 3 is 2.37 bits per heavy atom. The molecule has 5 heteroatoms. The molecule has 1 aromatic heterocycles. The molecule has 1 saturated heterocycles. The van der Waals surface area contributed by atoms with Gasteiger partial charge in [-0.2, -0.15) is 5.26 Å². The fourth-order valence-corrected chi connectivity index (χ4v) is 2.67. The van der Waals surface area contributed by atoms with Crippen molar-refractivity contribution in [3.8, 4) is 6.07 Å². The van der Waals surface area contributed by atoms with Crippen LogP contribution in [-0.2, 0) is 4.74 Å². The normalized spacial score (nSPS) is 20.9. The standard InChI is InChI=1S/C14H20N4O/c1-13(2)8-18(9-14(3,4)19-13)12-6-5-10(16)11(7-15)17-12/h5-6H,8-9,16H2,1-4H3. The van der Waals surface area contributed by atoms with E-state index in [1.807, 2.05) is 12.1 Å². The van der Waals surface area contributed by atoms with E-state index in [9.17, 15) is 0 Å². The highest BCUT2D eigenvalue weighted by Crippen LogP contribution is 2.31. The van der Waals surface area contributed by atoms with Gasteiger partial charge in [-0.3, -0.25) is 0 Å². The zero-order chi connectivity index (χ0) is 14.3. The van der Waals surface area contributed by atoms with Crippen molar-refractivity contribution in [2.24, 2.45) is 0 Å². The zero-order valence-corrected chi connectivity index (χ0v) is 11.9. The fourth-order valence-electron chi connectivity index (χ4n) is 2.67. The highest BCUT2D eigenvalue weighted by atomic mass is 16.5. The fraction of sp³-hybridized carbons (Fsp3) is 0.571. The first-order valence-corrected chi connectivity index (χ1v) is 6.34. The number of hydrogen-bond donors (Lipinski definition) is 1. The Morgan fingerprint density at radius 2 is 1.84 bits per heavy atom. The largest absolute Gasteiger partial charge is 0.396 e. The smallest absolute Gasteiger partial charge is 0.165 e. The molecule has 2 N–H and O–H groups in total. The maximum atomic E-state index is 9.01. The average Bonchev–Trinajstić information content (AvgIpc) is 2.25. The monoisotopic (exact) mass is 260 g/mol. The summed E-state index contributed by atoms with van der Waals surface area (Å²) in [5.41, 5.74) is 5.90. The van der Waals surface area contributed by atoms with Gasteiger partial charge in [-0.1, -0.05) is 0 Å². The summed E-state index contributed by atoms with van der Waals surface area (Å²) >= 11 is 0. The van der Waals surface area contributed by atoms with Gasteiger partial charge in [0.1, 0.15) is 11.9 Å². The van der Waals surface area contributed by atoms with E-state index in [0.29, 0.717) is 5.69 Å². The number of nitrogen functional groups attached to an aromatic ring is 1. The Morgan fingerprint density at radius 1 is 1.26 bits per heavy atom. The van der Waals surface area contributed by atoms with Crippen LogP contribution in [0.25, 0.3) is 0 Å². The van der Waals surface area contributed by atoms with Crippen molar-refractivity contribution < 1.29 is 4.74 Å². The van der Waals surface area contributed by atoms with Gasteiger partial charge < -0.3 is 15.4 Å². The Kier molecular flexibility index (Phi) is 3.15. The summed E-state index contributed by atoms with van der Waals surface area (Å²) in [4.78, 5) is 6.47. The van der Waals surface area contributed by atoms with Gasteiger partial charge in [-0.05, 0) is 39.8 Å². The molecule has 1 fully saturated rings. The highest BCUT2D eigenvalue weighted by molar-refractivity contribution is 5.55. The van der Waals surface area contributed by atoms with E-state index in [0.717, 1.165) is 18.9 Å². The first kappa shape index (κ1) is 13.6. The molecule has 0 bridgehead atoms. The molecular formula is C14H20N4O. The van der Waals surface area contributed by atoms with Crippen LogP contribution in [0.5, 0.6) is 0 Å². The summed E-state index contributed by atoms with van der Waals surface area (Å²) in [5, 5.41) is 9.01. The molecule has 19 heavy (non-hydrogen) atoms. The lowest BCUT2D eigenvalue weighted by molar-refractivity contribution is -0.133. The third kappa shape index (κ3) is 2.96. The van der Waals surface area contributed by atoms with Gasteiger partial charge in [0.15, 0.2) is 5.69 Å². The van der Waals surface area contributed by atoms with Gasteiger partial charge in [0.2, 0.25) is 0 Å². The van der Waals surface area contributed by atoms with Crippen molar-refractivity contribution in [1.82, 2.24) is 4.98 Å². The molecule has 0 amide bonds. The Bertz CT molecular complexity index is 515. The lowest BCUT2D eigenvalue weighted by Gasteiger charge is -2.47. The average molecular weight is 260 g/mol. The van der Waals surface area contributed by atoms with Crippen molar-refractivity contribution in [2.45, 2.75) is 38.9 Å². The van der Waals surface area contributed by atoms with Gasteiger partial charge in [-0.25, -0.2) is 4.98 Å². The molecule has 0 aliphatic carbocycles. The maximum absolute atomic E-state index is 9.01. The molecule has 1 aliphatic rings. The number of nitrogens with zero attached hydrogens (tertiary/aromatic N) is 3. The first-order valence-electron chi connectivity index (χ1n) is 6.34. The molecule has 5 nitrogen and oxygen atoms in total. The van der Waals surface area contributed by atoms with Crippen LogP contribution in [0.1, 0.15) is 33.4 Å². The van der Waals surface area contributed by atoms with Crippen LogP contribution in [0.4, 0.5) is 11.5 Å². The van der Waals surface area contributed by atoms with Crippen molar-refractivity contribution in [2.75, 3.05) is 23.7 Å². The summed E-state index contributed by atoms with van der Waals surface area (Å²) in [5.74, 6) is 0.773. The molecule has 0 saturated carbocycles. The second kappa shape index (κ2) is 4.39. The molecule has 102 valence electrons. The number of morpholine rings is 1. The highest BCUT2D eigenvalue weighted by Gasteiger charge is 2.38. The van der Waals surface area contributed by atoms with Gasteiger partial charge in [0.25, 0.3) is 0 Å². The zero-order valence-electron chi connectivity index (χ0n) is 11.9. The number of ether oxygens (including phenoxy) is 1. The Hall–Kier alpha value is -1.80. The number of nitriles is 1. The predicted octanol–water partition coefficient (Wildman–Crippen LogP) is 1.93. The van der Waals surface area contributed by atoms with Crippen molar-refractivity contribution in [3.05, 3.63) is 17.8 Å². The summed E-state index contributed by atoms with van der Waals surface area (Å²) < 4.78 is 6.03. The van der Waals surface area contributed by atoms with E-state index in [2.05, 4.69) is 37.6 Å². The molecule has 1 aliphatic heterocycles. The molecule has 2 rings (SSSR count). The van der Waals surface area contributed by atoms with E-state index in [1.165, 1.54) is 0 Å². The van der Waals surface area contributed by atoms with E-state index in [4.69, 9.17) is 15.7 Å². The molecule has 0 atom stereocenters. The summed E-state index contributed by atoms with van der Waals surface area (Å²) in [6.07, 6.45) is 0. The van der Waals surface area contributed by atoms with Crippen molar-refractivity contribution >= 4 is 11.5 Å². The quantitative estimate of drug-likeness (QED) is 0.835. The number of pyridine rings is 1. The minimum atomic E-state index is -0.252. The molecule has 2 heterocycles. The van der Waals surface area contributed by atoms with Crippen molar-refractivity contribution in [1.29, 1.82) is 5.26 Å². The van der Waals surface area contributed by atoms with Crippen LogP contribution >= 0.6 is 0 Å². The lowest BCUT2D eigenvalue weighted by atomic mass is 9.99. The van der Waals surface area contributed by atoms with Gasteiger partial charge in [0, 0.05) is 13.1 Å². The summed E-state index contributed by atoms with van der Waals surface area (Å²) in [7, 11) is 0. The topological polar surface area (TPSA) is 75.2 Å². The minimum Gasteiger partial charge on any atom is -0.396 e. The SMILES string of the molecule is CC1(C)CN(c2ccc(N)c(C#N)n2)CC(C)(C)O1. The third-order valence-electron chi connectivity index (χ3n) is 3.04. The van der Waals surface area contributed by atoms with Gasteiger partial charge >= 0.3 is 0 Å². The number of aromatic nitrogens is 1. The number of rotatable bonds is 1. The summed E-state index contributed by atoms with van der Waals surface area (Å²) in [6.45, 7) is 9.70. The number of nitrogens with two attached hydrogens (primary N) is 1. The number of hydrogen-bond acceptors (Lipinski definition) is 5. The Balaban J connectivity index is 2.34. The Labute approximate surface area is 114 Å². The van der Waals surface area contributed by atoms with E-state index >= 15 is 0 Å². The third-order valence-corrected chi connectivity index (χ3v) is 3.04. The minimum absolute atomic E-state index is 0.252. The number of anilines is 2. The van der Waals surface area contributed by atoms with Crippen LogP contribution in [-0.4, -0.2) is 29.3 Å². The van der Waals surface area contributed by atoms with Crippen molar-refractivity contribution in [3.63, 3.8) is 0 Å². The van der Waals surface area contributed by atoms with Gasteiger partial charge in [-0.15, -0.1) is 0 Å². The van der Waals surface area contributed by atoms with E-state index in [-0.39, 0.29) is 16.9 Å². The van der Waals surface area contributed by atoms with Crippen LogP contribution in [0.15, 0.2) is 12.1 Å². The molecule has 0 spiro atoms. The van der Waals surface area contributed by atoms with E-state index < -0.39 is 0 Å². The van der Waals surface area contributed by atoms with E-state index in [1.54, 1.807) is 6.07 Å². The molecular weight excluding hydrogens is 240 g/mol. The van der Waals surface area contributed by atoms with Gasteiger partial charge in [0.05, 0.1) is 16.9 Å². The predicted molar refractivity (Wildman–Crippen MR) is 74.8 cm³/mol. The first-order chi connectivity index (χ1) is 8.72. The van der Waals surface area contributed by atoms with Crippen LogP contribution in [0.3, 0.4) is 0 Å².